The molecule has 146 valence electrons. The maximum absolute atomic E-state index is 11.4. The van der Waals surface area contributed by atoms with E-state index in [0.29, 0.717) is 11.8 Å². The average Bonchev–Trinajstić information content (AvgIpc) is 2.60. The lowest BCUT2D eigenvalue weighted by atomic mass is 9.91. The van der Waals surface area contributed by atoms with Crippen molar-refractivity contribution < 1.29 is 19.7 Å². The first kappa shape index (κ1) is 20.8. The van der Waals surface area contributed by atoms with Gasteiger partial charge in [-0.1, -0.05) is 29.4 Å². The Morgan fingerprint density at radius 1 is 1.15 bits per heavy atom. The lowest BCUT2D eigenvalue weighted by Gasteiger charge is -2.33. The number of rotatable bonds is 7. The SMILES string of the molecule is CC(C)=CCC/C(C)=C/CCC1(C)C=Cc2c(C=O)c(O)c(C)c(O)c2O1. The zero-order valence-corrected chi connectivity index (χ0v) is 16.9. The highest BCUT2D eigenvalue weighted by Gasteiger charge is 2.32. The van der Waals surface area contributed by atoms with Crippen molar-refractivity contribution in [2.75, 3.05) is 0 Å². The number of aldehydes is 1. The fourth-order valence-electron chi connectivity index (χ4n) is 3.21. The van der Waals surface area contributed by atoms with Gasteiger partial charge in [-0.15, -0.1) is 0 Å². The molecule has 1 heterocycles. The molecule has 1 aliphatic rings. The van der Waals surface area contributed by atoms with E-state index in [2.05, 4.69) is 32.9 Å². The number of aromatic hydroxyl groups is 2. The molecule has 1 aromatic rings. The molecule has 2 N–H and O–H groups in total. The number of carbonyl (C=O) groups excluding carboxylic acids is 1. The van der Waals surface area contributed by atoms with Crippen molar-refractivity contribution in [3.8, 4) is 17.2 Å². The molecule has 1 aromatic carbocycles. The van der Waals surface area contributed by atoms with E-state index < -0.39 is 5.60 Å². The molecule has 4 nitrogen and oxygen atoms in total. The van der Waals surface area contributed by atoms with Gasteiger partial charge in [-0.3, -0.25) is 4.79 Å². The fraction of sp³-hybridized carbons (Fsp3) is 0.435. The van der Waals surface area contributed by atoms with E-state index in [0.717, 1.165) is 25.7 Å². The standard InChI is InChI=1S/C23H30O4/c1-15(2)8-6-9-16(3)10-7-12-23(5)13-11-18-19(14-24)20(25)17(4)21(26)22(18)27-23/h8,10-11,13-14,25-26H,6-7,9,12H2,1-5H3/b16-10+. The average molecular weight is 370 g/mol. The first-order valence-corrected chi connectivity index (χ1v) is 9.39. The monoisotopic (exact) mass is 370 g/mol. The molecule has 0 aromatic heterocycles. The maximum Gasteiger partial charge on any atom is 0.170 e. The van der Waals surface area contributed by atoms with Gasteiger partial charge in [-0.05, 0) is 66.4 Å². The number of carbonyl (C=O) groups is 1. The number of phenols is 2. The lowest BCUT2D eigenvalue weighted by molar-refractivity contribution is 0.111. The zero-order valence-electron chi connectivity index (χ0n) is 16.9. The van der Waals surface area contributed by atoms with Crippen LogP contribution in [0.2, 0.25) is 0 Å². The zero-order chi connectivity index (χ0) is 20.2. The summed E-state index contributed by atoms with van der Waals surface area (Å²) in [6.45, 7) is 9.88. The van der Waals surface area contributed by atoms with E-state index >= 15 is 0 Å². The smallest absolute Gasteiger partial charge is 0.170 e. The predicted octanol–water partition coefficient (Wildman–Crippen LogP) is 5.86. The quantitative estimate of drug-likeness (QED) is 0.466. The second-order valence-corrected chi connectivity index (χ2v) is 7.75. The summed E-state index contributed by atoms with van der Waals surface area (Å²) in [5.74, 6) is -0.0493. The van der Waals surface area contributed by atoms with Crippen LogP contribution in [0.5, 0.6) is 17.2 Å². The van der Waals surface area contributed by atoms with E-state index in [1.165, 1.54) is 11.1 Å². The van der Waals surface area contributed by atoms with Crippen LogP contribution >= 0.6 is 0 Å². The number of allylic oxidation sites excluding steroid dienone is 4. The highest BCUT2D eigenvalue weighted by molar-refractivity contribution is 5.91. The number of phenolic OH excluding ortho intramolecular Hbond substituents is 2. The minimum atomic E-state index is -0.579. The van der Waals surface area contributed by atoms with Crippen LogP contribution in [-0.2, 0) is 0 Å². The first-order valence-electron chi connectivity index (χ1n) is 9.39. The van der Waals surface area contributed by atoms with Gasteiger partial charge in [0.1, 0.15) is 11.4 Å². The molecular weight excluding hydrogens is 340 g/mol. The Kier molecular flexibility index (Phi) is 6.53. The summed E-state index contributed by atoms with van der Waals surface area (Å²) in [5.41, 5.74) is 2.94. The largest absolute Gasteiger partial charge is 0.507 e. The highest BCUT2D eigenvalue weighted by atomic mass is 16.5. The number of ether oxygens (including phenoxy) is 1. The number of hydrogen-bond donors (Lipinski definition) is 2. The Balaban J connectivity index is 2.12. The van der Waals surface area contributed by atoms with Crippen LogP contribution in [0.25, 0.3) is 6.08 Å². The van der Waals surface area contributed by atoms with Gasteiger partial charge >= 0.3 is 0 Å². The van der Waals surface area contributed by atoms with Crippen molar-refractivity contribution in [1.82, 2.24) is 0 Å². The van der Waals surface area contributed by atoms with E-state index in [1.54, 1.807) is 13.0 Å². The molecule has 0 bridgehead atoms. The molecule has 0 fully saturated rings. The Morgan fingerprint density at radius 3 is 2.48 bits per heavy atom. The third-order valence-electron chi connectivity index (χ3n) is 5.00. The molecule has 0 amide bonds. The Labute approximate surface area is 161 Å². The number of hydrogen-bond acceptors (Lipinski definition) is 4. The minimum absolute atomic E-state index is 0.114. The Morgan fingerprint density at radius 2 is 1.85 bits per heavy atom. The summed E-state index contributed by atoms with van der Waals surface area (Å²) in [6, 6.07) is 0. The normalized spacial score (nSPS) is 18.6. The van der Waals surface area contributed by atoms with Crippen molar-refractivity contribution in [3.63, 3.8) is 0 Å². The molecule has 1 unspecified atom stereocenters. The summed E-state index contributed by atoms with van der Waals surface area (Å²) < 4.78 is 6.08. The molecule has 0 aliphatic carbocycles. The van der Waals surface area contributed by atoms with Crippen molar-refractivity contribution in [2.45, 2.75) is 65.9 Å². The van der Waals surface area contributed by atoms with Gasteiger partial charge in [0.2, 0.25) is 0 Å². The number of fused-ring (bicyclic) bond motifs is 1. The molecule has 1 atom stereocenters. The molecule has 27 heavy (non-hydrogen) atoms. The molecule has 0 saturated carbocycles. The summed E-state index contributed by atoms with van der Waals surface area (Å²) in [7, 11) is 0. The highest BCUT2D eigenvalue weighted by Crippen LogP contribution is 2.47. The summed E-state index contributed by atoms with van der Waals surface area (Å²) in [4.78, 5) is 11.4. The van der Waals surface area contributed by atoms with Crippen molar-refractivity contribution in [1.29, 1.82) is 0 Å². The van der Waals surface area contributed by atoms with Crippen molar-refractivity contribution >= 4 is 12.4 Å². The van der Waals surface area contributed by atoms with E-state index in [9.17, 15) is 15.0 Å². The number of benzene rings is 1. The molecular formula is C23H30O4. The fourth-order valence-corrected chi connectivity index (χ4v) is 3.21. The molecule has 0 radical (unpaired) electrons. The molecule has 2 rings (SSSR count). The molecule has 0 spiro atoms. The van der Waals surface area contributed by atoms with Crippen LogP contribution in [-0.4, -0.2) is 22.1 Å². The van der Waals surface area contributed by atoms with Gasteiger partial charge in [0.25, 0.3) is 0 Å². The maximum atomic E-state index is 11.4. The molecule has 0 saturated heterocycles. The first-order chi connectivity index (χ1) is 12.7. The predicted molar refractivity (Wildman–Crippen MR) is 110 cm³/mol. The van der Waals surface area contributed by atoms with E-state index in [1.807, 2.05) is 13.0 Å². The second-order valence-electron chi connectivity index (χ2n) is 7.75. The summed E-state index contributed by atoms with van der Waals surface area (Å²) in [6.07, 6.45) is 12.4. The van der Waals surface area contributed by atoms with Crippen LogP contribution in [0.1, 0.15) is 74.9 Å². The second kappa shape index (κ2) is 8.47. The lowest BCUT2D eigenvalue weighted by Crippen LogP contribution is -2.32. The van der Waals surface area contributed by atoms with Gasteiger partial charge in [0.05, 0.1) is 5.56 Å². The summed E-state index contributed by atoms with van der Waals surface area (Å²) >= 11 is 0. The van der Waals surface area contributed by atoms with Gasteiger partial charge in [0, 0.05) is 11.1 Å². The van der Waals surface area contributed by atoms with Crippen LogP contribution < -0.4 is 4.74 Å². The third kappa shape index (κ3) is 4.82. The van der Waals surface area contributed by atoms with Crippen LogP contribution in [0.15, 0.2) is 29.4 Å². The van der Waals surface area contributed by atoms with Crippen LogP contribution in [0.3, 0.4) is 0 Å². The van der Waals surface area contributed by atoms with Gasteiger partial charge < -0.3 is 14.9 Å². The van der Waals surface area contributed by atoms with Gasteiger partial charge in [-0.25, -0.2) is 0 Å². The van der Waals surface area contributed by atoms with Gasteiger partial charge in [0.15, 0.2) is 17.8 Å². The Bertz CT molecular complexity index is 810. The van der Waals surface area contributed by atoms with Gasteiger partial charge in [-0.2, -0.15) is 0 Å². The third-order valence-corrected chi connectivity index (χ3v) is 5.00. The minimum Gasteiger partial charge on any atom is -0.507 e. The van der Waals surface area contributed by atoms with Crippen molar-refractivity contribution in [2.24, 2.45) is 0 Å². The van der Waals surface area contributed by atoms with Crippen molar-refractivity contribution in [3.05, 3.63) is 46.1 Å². The molecule has 1 aliphatic heterocycles. The topological polar surface area (TPSA) is 66.8 Å². The summed E-state index contributed by atoms with van der Waals surface area (Å²) in [5, 5.41) is 20.5. The van der Waals surface area contributed by atoms with E-state index in [4.69, 9.17) is 4.74 Å². The Hall–Kier alpha value is -2.49. The van der Waals surface area contributed by atoms with E-state index in [-0.39, 0.29) is 28.4 Å². The molecule has 4 heteroatoms. The van der Waals surface area contributed by atoms with Crippen LogP contribution in [0.4, 0.5) is 0 Å². The van der Waals surface area contributed by atoms with Crippen LogP contribution in [0, 0.1) is 6.92 Å².